The summed E-state index contributed by atoms with van der Waals surface area (Å²) in [5, 5.41) is 3.27. The van der Waals surface area contributed by atoms with Crippen LogP contribution in [0.1, 0.15) is 40.0 Å². The molecule has 0 bridgehead atoms. The fourth-order valence-electron chi connectivity index (χ4n) is 2.35. The Bertz CT molecular complexity index is 193. The highest BCUT2D eigenvalue weighted by Crippen LogP contribution is 2.36. The van der Waals surface area contributed by atoms with Gasteiger partial charge in [-0.05, 0) is 24.8 Å². The number of carbonyl (C=O) groups excluding carboxylic acids is 1. The molecule has 1 aliphatic rings. The maximum absolute atomic E-state index is 11.3. The van der Waals surface area contributed by atoms with E-state index in [1.807, 2.05) is 7.05 Å². The smallest absolute Gasteiger partial charge is 0.134 e. The van der Waals surface area contributed by atoms with E-state index in [2.05, 4.69) is 26.1 Å². The molecule has 2 atom stereocenters. The van der Waals surface area contributed by atoms with Gasteiger partial charge in [-0.15, -0.1) is 0 Å². The van der Waals surface area contributed by atoms with Crippen molar-refractivity contribution in [1.82, 2.24) is 5.32 Å². The second kappa shape index (κ2) is 3.79. The lowest BCUT2D eigenvalue weighted by molar-refractivity contribution is -0.122. The monoisotopic (exact) mass is 183 g/mol. The molecule has 0 saturated heterocycles. The molecule has 0 heterocycles. The van der Waals surface area contributed by atoms with E-state index in [-0.39, 0.29) is 0 Å². The average Bonchev–Trinajstić information content (AvgIpc) is 2.01. The molecule has 1 aliphatic carbocycles. The highest BCUT2D eigenvalue weighted by Gasteiger charge is 2.35. The van der Waals surface area contributed by atoms with E-state index in [4.69, 9.17) is 0 Å². The molecule has 0 aliphatic heterocycles. The number of carbonyl (C=O) groups is 1. The Morgan fingerprint density at radius 3 is 2.46 bits per heavy atom. The fraction of sp³-hybridized carbons (Fsp3) is 0.909. The average molecular weight is 183 g/mol. The van der Waals surface area contributed by atoms with Crippen LogP contribution in [0.2, 0.25) is 0 Å². The van der Waals surface area contributed by atoms with Crippen LogP contribution in [-0.2, 0) is 4.79 Å². The molecule has 0 spiro atoms. The van der Waals surface area contributed by atoms with Crippen molar-refractivity contribution in [1.29, 1.82) is 0 Å². The standard InChI is InChI=1S/C11H21NO/c1-11(2,3)9-6-5-8(13)7-10(9)12-4/h9-10,12H,5-7H2,1-4H3. The molecule has 1 rings (SSSR count). The van der Waals surface area contributed by atoms with Gasteiger partial charge < -0.3 is 5.32 Å². The summed E-state index contributed by atoms with van der Waals surface area (Å²) in [6.07, 6.45) is 2.55. The van der Waals surface area contributed by atoms with E-state index in [0.29, 0.717) is 23.2 Å². The topological polar surface area (TPSA) is 29.1 Å². The molecule has 1 N–H and O–H groups in total. The number of rotatable bonds is 1. The maximum atomic E-state index is 11.3. The van der Waals surface area contributed by atoms with Crippen LogP contribution in [0.25, 0.3) is 0 Å². The summed E-state index contributed by atoms with van der Waals surface area (Å²) in [4.78, 5) is 11.3. The van der Waals surface area contributed by atoms with Crippen LogP contribution >= 0.6 is 0 Å². The summed E-state index contributed by atoms with van der Waals surface area (Å²) >= 11 is 0. The Morgan fingerprint density at radius 1 is 1.38 bits per heavy atom. The molecule has 0 amide bonds. The van der Waals surface area contributed by atoms with Crippen molar-refractivity contribution >= 4 is 5.78 Å². The van der Waals surface area contributed by atoms with Gasteiger partial charge in [-0.1, -0.05) is 20.8 Å². The number of Topliss-reactive ketones (excluding diaryl/α,β-unsaturated/α-hetero) is 1. The highest BCUT2D eigenvalue weighted by molar-refractivity contribution is 5.79. The van der Waals surface area contributed by atoms with Crippen molar-refractivity contribution in [2.45, 2.75) is 46.1 Å². The first-order valence-electron chi connectivity index (χ1n) is 5.14. The largest absolute Gasteiger partial charge is 0.316 e. The van der Waals surface area contributed by atoms with Crippen LogP contribution in [0, 0.1) is 11.3 Å². The summed E-state index contributed by atoms with van der Waals surface area (Å²) in [6.45, 7) is 6.79. The van der Waals surface area contributed by atoms with Crippen molar-refractivity contribution < 1.29 is 4.79 Å². The Labute approximate surface area is 81.1 Å². The minimum Gasteiger partial charge on any atom is -0.316 e. The lowest BCUT2D eigenvalue weighted by atomic mass is 9.69. The quantitative estimate of drug-likeness (QED) is 0.673. The van der Waals surface area contributed by atoms with Crippen LogP contribution < -0.4 is 5.32 Å². The second-order valence-corrected chi connectivity index (χ2v) is 5.15. The van der Waals surface area contributed by atoms with Gasteiger partial charge in [0.25, 0.3) is 0 Å². The highest BCUT2D eigenvalue weighted by atomic mass is 16.1. The first-order valence-corrected chi connectivity index (χ1v) is 5.14. The number of nitrogens with one attached hydrogen (secondary N) is 1. The van der Waals surface area contributed by atoms with Gasteiger partial charge >= 0.3 is 0 Å². The Hall–Kier alpha value is -0.370. The first-order chi connectivity index (χ1) is 5.95. The SMILES string of the molecule is CNC1CC(=O)CCC1C(C)(C)C. The molecule has 13 heavy (non-hydrogen) atoms. The molecule has 2 unspecified atom stereocenters. The zero-order valence-electron chi connectivity index (χ0n) is 9.18. The molecule has 0 aromatic carbocycles. The summed E-state index contributed by atoms with van der Waals surface area (Å²) in [7, 11) is 1.96. The van der Waals surface area contributed by atoms with Crippen molar-refractivity contribution in [2.24, 2.45) is 11.3 Å². The van der Waals surface area contributed by atoms with E-state index in [1.54, 1.807) is 0 Å². The maximum Gasteiger partial charge on any atom is 0.134 e. The van der Waals surface area contributed by atoms with Crippen molar-refractivity contribution in [3.63, 3.8) is 0 Å². The van der Waals surface area contributed by atoms with Crippen LogP contribution in [0.5, 0.6) is 0 Å². The molecular weight excluding hydrogens is 162 g/mol. The summed E-state index contributed by atoms with van der Waals surface area (Å²) in [6, 6.07) is 0.390. The molecule has 0 aromatic heterocycles. The lowest BCUT2D eigenvalue weighted by Gasteiger charge is -2.39. The zero-order valence-corrected chi connectivity index (χ0v) is 9.18. The third-order valence-electron chi connectivity index (χ3n) is 3.15. The van der Waals surface area contributed by atoms with Crippen LogP contribution in [0.3, 0.4) is 0 Å². The minimum absolute atomic E-state index is 0.314. The van der Waals surface area contributed by atoms with Gasteiger partial charge in [0, 0.05) is 18.9 Å². The summed E-state index contributed by atoms with van der Waals surface area (Å²) in [5.74, 6) is 1.05. The minimum atomic E-state index is 0.314. The van der Waals surface area contributed by atoms with E-state index in [9.17, 15) is 4.79 Å². The molecule has 0 radical (unpaired) electrons. The van der Waals surface area contributed by atoms with Gasteiger partial charge in [0.05, 0.1) is 0 Å². The van der Waals surface area contributed by atoms with Gasteiger partial charge in [0.15, 0.2) is 0 Å². The Kier molecular flexibility index (Phi) is 3.12. The van der Waals surface area contributed by atoms with E-state index in [1.165, 1.54) is 0 Å². The number of ketones is 1. The van der Waals surface area contributed by atoms with Crippen LogP contribution in [0.4, 0.5) is 0 Å². The van der Waals surface area contributed by atoms with E-state index >= 15 is 0 Å². The van der Waals surface area contributed by atoms with Gasteiger partial charge in [-0.2, -0.15) is 0 Å². The molecular formula is C11H21NO. The third-order valence-corrected chi connectivity index (χ3v) is 3.15. The van der Waals surface area contributed by atoms with Gasteiger partial charge in [0.2, 0.25) is 0 Å². The normalized spacial score (nSPS) is 30.6. The van der Waals surface area contributed by atoms with Gasteiger partial charge in [-0.3, -0.25) is 4.79 Å². The van der Waals surface area contributed by atoms with Crippen LogP contribution in [0.15, 0.2) is 0 Å². The third kappa shape index (κ3) is 2.53. The van der Waals surface area contributed by atoms with Crippen molar-refractivity contribution in [2.75, 3.05) is 7.05 Å². The molecule has 76 valence electrons. The predicted octanol–water partition coefficient (Wildman–Crippen LogP) is 1.99. The van der Waals surface area contributed by atoms with Gasteiger partial charge in [-0.25, -0.2) is 0 Å². The number of hydrogen-bond acceptors (Lipinski definition) is 2. The Morgan fingerprint density at radius 2 is 2.00 bits per heavy atom. The molecule has 0 aromatic rings. The Balaban J connectivity index is 2.68. The zero-order chi connectivity index (χ0) is 10.1. The van der Waals surface area contributed by atoms with Crippen molar-refractivity contribution in [3.8, 4) is 0 Å². The first kappa shape index (κ1) is 10.7. The molecule has 1 saturated carbocycles. The van der Waals surface area contributed by atoms with Crippen molar-refractivity contribution in [3.05, 3.63) is 0 Å². The van der Waals surface area contributed by atoms with Gasteiger partial charge in [0.1, 0.15) is 5.78 Å². The van der Waals surface area contributed by atoms with E-state index < -0.39 is 0 Å². The number of hydrogen-bond donors (Lipinski definition) is 1. The fourth-order valence-corrected chi connectivity index (χ4v) is 2.35. The van der Waals surface area contributed by atoms with Crippen LogP contribution in [-0.4, -0.2) is 18.9 Å². The molecule has 1 fully saturated rings. The van der Waals surface area contributed by atoms with E-state index in [0.717, 1.165) is 19.3 Å². The second-order valence-electron chi connectivity index (χ2n) is 5.15. The summed E-state index contributed by atoms with van der Waals surface area (Å²) in [5.41, 5.74) is 0.314. The predicted molar refractivity (Wildman–Crippen MR) is 54.7 cm³/mol. The summed E-state index contributed by atoms with van der Waals surface area (Å²) < 4.78 is 0. The molecule has 2 heteroatoms. The lowest BCUT2D eigenvalue weighted by Crippen LogP contribution is -2.45. The molecule has 2 nitrogen and oxygen atoms in total.